The first-order valence-electron chi connectivity index (χ1n) is 22.8. The summed E-state index contributed by atoms with van der Waals surface area (Å²) in [6.07, 6.45) is 32.5. The van der Waals surface area contributed by atoms with Gasteiger partial charge in [0, 0.05) is 5.41 Å². The van der Waals surface area contributed by atoms with Crippen LogP contribution >= 0.6 is 0 Å². The van der Waals surface area contributed by atoms with Crippen molar-refractivity contribution in [2.75, 3.05) is 6.54 Å². The van der Waals surface area contributed by atoms with Gasteiger partial charge in [0.15, 0.2) is 0 Å². The minimum atomic E-state index is -0.668. The highest BCUT2D eigenvalue weighted by Crippen LogP contribution is 2.52. The number of aromatic hydroxyl groups is 1. The number of unbranched alkanes of at least 4 members (excludes halogenated alkanes) is 5. The van der Waals surface area contributed by atoms with Gasteiger partial charge in [-0.05, 0) is 158 Å². The molecule has 0 aromatic heterocycles. The van der Waals surface area contributed by atoms with E-state index in [0.717, 1.165) is 82.2 Å². The third-order valence-electron chi connectivity index (χ3n) is 14.6. The number of rotatable bonds is 15. The van der Waals surface area contributed by atoms with E-state index >= 15 is 0 Å². The first-order chi connectivity index (χ1) is 27.9. The quantitative estimate of drug-likeness (QED) is 0.106. The Morgan fingerprint density at radius 2 is 1.60 bits per heavy atom. The summed E-state index contributed by atoms with van der Waals surface area (Å²) >= 11 is 0. The molecule has 1 spiro atoms. The lowest BCUT2D eigenvalue weighted by molar-refractivity contribution is -0.145. The van der Waals surface area contributed by atoms with Crippen molar-refractivity contribution in [1.29, 1.82) is 0 Å². The van der Waals surface area contributed by atoms with Crippen molar-refractivity contribution in [2.45, 2.75) is 140 Å². The highest BCUT2D eigenvalue weighted by molar-refractivity contribution is 5.73. The molecule has 3 aromatic carbocycles. The molecular weight excluding hydrogens is 699 g/mol. The van der Waals surface area contributed by atoms with Gasteiger partial charge in [0.25, 0.3) is 0 Å². The van der Waals surface area contributed by atoms with Gasteiger partial charge in [0.1, 0.15) is 5.75 Å². The zero-order valence-corrected chi connectivity index (χ0v) is 34.7. The van der Waals surface area contributed by atoms with Crippen LogP contribution < -0.4 is 16.2 Å². The maximum Gasteiger partial charge on any atom is 0.307 e. The van der Waals surface area contributed by atoms with Crippen LogP contribution in [0.4, 0.5) is 0 Å². The Labute approximate surface area is 343 Å². The Morgan fingerprint density at radius 1 is 0.807 bits per heavy atom. The molecule has 0 amide bonds. The smallest absolute Gasteiger partial charge is 0.307 e. The van der Waals surface area contributed by atoms with Crippen LogP contribution in [0.15, 0.2) is 90.5 Å². The number of carbonyl (C=O) groups is 1. The van der Waals surface area contributed by atoms with Crippen LogP contribution in [0.2, 0.25) is 0 Å². The number of carboxylic acid groups (broad SMARTS) is 1. The summed E-state index contributed by atoms with van der Waals surface area (Å²) in [4.78, 5) is 13.4. The van der Waals surface area contributed by atoms with Gasteiger partial charge in [0.05, 0.1) is 5.92 Å². The Morgan fingerprint density at radius 3 is 2.39 bits per heavy atom. The maximum absolute atomic E-state index is 13.4. The van der Waals surface area contributed by atoms with Crippen molar-refractivity contribution >= 4 is 18.1 Å². The molecule has 7 rings (SSSR count). The Bertz CT molecular complexity index is 1990. The number of fused-ring (bicyclic) bond motifs is 5. The van der Waals surface area contributed by atoms with Gasteiger partial charge in [-0.3, -0.25) is 4.79 Å². The number of phenols is 1. The van der Waals surface area contributed by atoms with E-state index in [2.05, 4.69) is 98.0 Å². The predicted octanol–water partition coefficient (Wildman–Crippen LogP) is 11.1. The molecule has 7 atom stereocenters. The number of benzene rings is 3. The fraction of sp³-hybridized carbons (Fsp3) is 0.528. The Balaban J connectivity index is 1.16. The van der Waals surface area contributed by atoms with Crippen LogP contribution in [-0.4, -0.2) is 22.7 Å². The maximum atomic E-state index is 13.4. The SMILES string of the molecule is CCCCCc1cc([C@@H]2Cc3cccc(c3)[C@]3(CC[C@@H]4C=c5ccccc5=C[C@@H]4C3)[C@H](C(=O)O)C/C=C\C[C@@H]2CCCCCC[C@@H]2C=C(CCN)CC2)ccc1O. The van der Waals surface area contributed by atoms with E-state index in [0.29, 0.717) is 35.8 Å². The van der Waals surface area contributed by atoms with E-state index in [-0.39, 0.29) is 0 Å². The highest BCUT2D eigenvalue weighted by Gasteiger charge is 2.49. The number of hydrogen-bond donors (Lipinski definition) is 3. The first kappa shape index (κ1) is 41.3. The minimum absolute atomic E-state index is 0.305. The van der Waals surface area contributed by atoms with E-state index < -0.39 is 17.3 Å². The summed E-state index contributed by atoms with van der Waals surface area (Å²) in [5.74, 6) is 1.51. The zero-order valence-electron chi connectivity index (χ0n) is 34.7. The molecule has 4 N–H and O–H groups in total. The molecule has 1 saturated carbocycles. The average Bonchev–Trinajstić information content (AvgIpc) is 3.67. The van der Waals surface area contributed by atoms with Crippen LogP contribution in [0.1, 0.15) is 144 Å². The van der Waals surface area contributed by atoms with E-state index in [4.69, 9.17) is 5.73 Å². The summed E-state index contributed by atoms with van der Waals surface area (Å²) in [5, 5.41) is 24.6. The summed E-state index contributed by atoms with van der Waals surface area (Å²) in [6, 6.07) is 24.3. The monoisotopic (exact) mass is 768 g/mol. The van der Waals surface area contributed by atoms with Gasteiger partial charge in [-0.1, -0.05) is 142 Å². The normalized spacial score (nSPS) is 27.5. The summed E-state index contributed by atoms with van der Waals surface area (Å²) in [5.41, 5.74) is 11.9. The van der Waals surface area contributed by atoms with Gasteiger partial charge in [-0.2, -0.15) is 0 Å². The molecule has 0 unspecified atom stereocenters. The number of phenolic OH excluding ortho intramolecular Hbond substituents is 1. The van der Waals surface area contributed by atoms with Crippen LogP contribution in [0.25, 0.3) is 12.2 Å². The average molecular weight is 768 g/mol. The van der Waals surface area contributed by atoms with E-state index in [1.165, 1.54) is 78.5 Å². The van der Waals surface area contributed by atoms with Crippen LogP contribution in [0.3, 0.4) is 0 Å². The van der Waals surface area contributed by atoms with Crippen molar-refractivity contribution in [1.82, 2.24) is 0 Å². The summed E-state index contributed by atoms with van der Waals surface area (Å²) < 4.78 is 0. The number of carboxylic acids is 1. The van der Waals surface area contributed by atoms with Crippen molar-refractivity contribution in [3.8, 4) is 5.75 Å². The molecule has 0 saturated heterocycles. The molecule has 4 aliphatic carbocycles. The number of nitrogens with two attached hydrogens (primary N) is 1. The molecule has 4 nitrogen and oxygen atoms in total. The second-order valence-electron chi connectivity index (χ2n) is 18.3. The number of hydrogen-bond acceptors (Lipinski definition) is 3. The van der Waals surface area contributed by atoms with Crippen molar-refractivity contribution in [3.63, 3.8) is 0 Å². The molecule has 2 bridgehead atoms. The van der Waals surface area contributed by atoms with Gasteiger partial charge in [-0.15, -0.1) is 0 Å². The van der Waals surface area contributed by atoms with E-state index in [1.807, 2.05) is 6.07 Å². The molecule has 4 aliphatic rings. The third kappa shape index (κ3) is 10.0. The minimum Gasteiger partial charge on any atom is -0.508 e. The van der Waals surface area contributed by atoms with Crippen LogP contribution in [0.5, 0.6) is 5.75 Å². The molecule has 0 aliphatic heterocycles. The Hall–Kier alpha value is -3.89. The molecule has 4 heteroatoms. The fourth-order valence-corrected chi connectivity index (χ4v) is 11.4. The summed E-state index contributed by atoms with van der Waals surface area (Å²) in [6.45, 7) is 3.00. The molecule has 57 heavy (non-hydrogen) atoms. The van der Waals surface area contributed by atoms with Gasteiger partial charge >= 0.3 is 5.97 Å². The van der Waals surface area contributed by atoms with Crippen molar-refractivity contribution < 1.29 is 15.0 Å². The molecule has 1 fully saturated rings. The van der Waals surface area contributed by atoms with Crippen molar-refractivity contribution in [3.05, 3.63) is 123 Å². The fourth-order valence-electron chi connectivity index (χ4n) is 11.4. The lowest BCUT2D eigenvalue weighted by atomic mass is 9.55. The standard InChI is InChI=1S/C53H69NO3/c1-2-3-6-20-46-36-45(25-26-51(46)55)49-33-40-15-13-21-48(32-40)53(29-27-44-34-42-18-9-10-19-43(42)35-47(44)37-53)50(52(56)57)22-12-11-17-41(49)16-8-5-4-7-14-38-23-24-39(31-38)28-30-54/h9-13,15,18-19,21,25-26,31-32,34-36,38,41,44,47,49-50,55H,2-8,14,16-17,20,22-24,27-30,33,37,54H2,1H3,(H,56,57)/b12-11-/t38-,41-,44+,47+,49+,50-,53+/m0/s1. The van der Waals surface area contributed by atoms with E-state index in [1.54, 1.807) is 5.57 Å². The van der Waals surface area contributed by atoms with Crippen LogP contribution in [-0.2, 0) is 23.1 Å². The van der Waals surface area contributed by atoms with Crippen LogP contribution in [0, 0.1) is 29.6 Å². The zero-order chi connectivity index (χ0) is 39.6. The second kappa shape index (κ2) is 19.7. The predicted molar refractivity (Wildman–Crippen MR) is 237 cm³/mol. The molecule has 0 radical (unpaired) electrons. The molecule has 0 heterocycles. The van der Waals surface area contributed by atoms with Gasteiger partial charge in [0.2, 0.25) is 0 Å². The second-order valence-corrected chi connectivity index (χ2v) is 18.3. The number of allylic oxidation sites excluding steroid dienone is 3. The third-order valence-corrected chi connectivity index (χ3v) is 14.6. The number of aryl methyl sites for hydroxylation is 1. The molecule has 3 aromatic rings. The Kier molecular flexibility index (Phi) is 14.3. The molecule has 304 valence electrons. The largest absolute Gasteiger partial charge is 0.508 e. The van der Waals surface area contributed by atoms with Crippen molar-refractivity contribution in [2.24, 2.45) is 35.3 Å². The number of aliphatic carboxylic acids is 1. The summed E-state index contributed by atoms with van der Waals surface area (Å²) in [7, 11) is 0. The lowest BCUT2D eigenvalue weighted by Gasteiger charge is -2.48. The van der Waals surface area contributed by atoms with Gasteiger partial charge < -0.3 is 15.9 Å². The highest BCUT2D eigenvalue weighted by atomic mass is 16.4. The van der Waals surface area contributed by atoms with E-state index in [9.17, 15) is 15.0 Å². The van der Waals surface area contributed by atoms with Gasteiger partial charge in [-0.25, -0.2) is 0 Å². The first-order valence-corrected chi connectivity index (χ1v) is 22.8. The lowest BCUT2D eigenvalue weighted by Crippen LogP contribution is -2.47. The topological polar surface area (TPSA) is 83.5 Å². The molecular formula is C53H69NO3.